The molecule has 1 saturated heterocycles. The number of nitrogens with zero attached hydrogens (tertiary/aromatic N) is 1. The second-order valence-electron chi connectivity index (χ2n) is 2.67. The van der Waals surface area contributed by atoms with Crippen LogP contribution in [-0.2, 0) is 0 Å². The number of hydrogen-bond donors (Lipinski definition) is 0. The molecule has 0 N–H and O–H groups in total. The quantitative estimate of drug-likeness (QED) is 0.520. The van der Waals surface area contributed by atoms with E-state index in [0.29, 0.717) is 0 Å². The van der Waals surface area contributed by atoms with Gasteiger partial charge in [-0.25, -0.2) is 0 Å². The van der Waals surface area contributed by atoms with Gasteiger partial charge in [0.2, 0.25) is 0 Å². The maximum atomic E-state index is 3.89. The van der Waals surface area contributed by atoms with Crippen LogP contribution in [0.25, 0.3) is 0 Å². The van der Waals surface area contributed by atoms with Crippen molar-refractivity contribution in [1.29, 1.82) is 0 Å². The lowest BCUT2D eigenvalue weighted by Gasteiger charge is -2.08. The van der Waals surface area contributed by atoms with Gasteiger partial charge in [0.25, 0.3) is 0 Å². The lowest BCUT2D eigenvalue weighted by atomic mass is 10.2. The minimum absolute atomic E-state index is 0.942. The molecule has 0 atom stereocenters. The first-order valence-corrected chi connectivity index (χ1v) is 3.43. The summed E-state index contributed by atoms with van der Waals surface area (Å²) in [5.41, 5.74) is 2.34. The Kier molecular flexibility index (Phi) is 2.07. The summed E-state index contributed by atoms with van der Waals surface area (Å²) in [4.78, 5) is 2.26. The Morgan fingerprint density at radius 2 is 1.80 bits per heavy atom. The zero-order chi connectivity index (χ0) is 7.56. The van der Waals surface area contributed by atoms with Gasteiger partial charge in [0.15, 0.2) is 0 Å². The molecule has 0 unspecified atom stereocenters. The molecule has 10 heavy (non-hydrogen) atoms. The van der Waals surface area contributed by atoms with Gasteiger partial charge in [-0.05, 0) is 11.1 Å². The van der Waals surface area contributed by atoms with Gasteiger partial charge in [0, 0.05) is 19.6 Å². The van der Waals surface area contributed by atoms with E-state index in [1.165, 1.54) is 11.1 Å². The van der Waals surface area contributed by atoms with E-state index in [-0.39, 0.29) is 0 Å². The van der Waals surface area contributed by atoms with Crippen molar-refractivity contribution in [3.8, 4) is 0 Å². The average Bonchev–Trinajstić information content (AvgIpc) is 2.14. The summed E-state index contributed by atoms with van der Waals surface area (Å²) in [7, 11) is 0. The van der Waals surface area contributed by atoms with Gasteiger partial charge in [0.1, 0.15) is 0 Å². The summed E-state index contributed by atoms with van der Waals surface area (Å²) in [6.45, 7) is 14.3. The summed E-state index contributed by atoms with van der Waals surface area (Å²) in [6, 6.07) is 0. The third-order valence-electron chi connectivity index (χ3n) is 1.72. The highest BCUT2D eigenvalue weighted by Crippen LogP contribution is 2.16. The molecule has 1 heteroatoms. The second-order valence-corrected chi connectivity index (χ2v) is 2.67. The first-order valence-electron chi connectivity index (χ1n) is 3.43. The van der Waals surface area contributed by atoms with Crippen molar-refractivity contribution in [3.05, 3.63) is 37.0 Å². The first-order chi connectivity index (χ1) is 4.74. The summed E-state index contributed by atoms with van der Waals surface area (Å²) in [6.07, 6.45) is 1.91. The molecule has 0 amide bonds. The maximum Gasteiger partial charge on any atom is 0.0237 e. The monoisotopic (exact) mass is 135 g/mol. The Morgan fingerprint density at radius 3 is 2.20 bits per heavy atom. The smallest absolute Gasteiger partial charge is 0.0237 e. The zero-order valence-corrected chi connectivity index (χ0v) is 6.27. The van der Waals surface area contributed by atoms with Crippen LogP contribution in [0.5, 0.6) is 0 Å². The van der Waals surface area contributed by atoms with E-state index in [9.17, 15) is 0 Å². The topological polar surface area (TPSA) is 3.24 Å². The highest BCUT2D eigenvalue weighted by molar-refractivity contribution is 5.32. The van der Waals surface area contributed by atoms with Gasteiger partial charge in [0.05, 0.1) is 0 Å². The average molecular weight is 135 g/mol. The van der Waals surface area contributed by atoms with Crippen molar-refractivity contribution in [2.75, 3.05) is 19.6 Å². The molecule has 0 aliphatic carbocycles. The molecule has 1 heterocycles. The van der Waals surface area contributed by atoms with Gasteiger partial charge in [-0.3, -0.25) is 4.90 Å². The lowest BCUT2D eigenvalue weighted by Crippen LogP contribution is -2.18. The van der Waals surface area contributed by atoms with E-state index in [4.69, 9.17) is 0 Å². The van der Waals surface area contributed by atoms with Crippen molar-refractivity contribution in [2.45, 2.75) is 0 Å². The fourth-order valence-corrected chi connectivity index (χ4v) is 1.13. The highest BCUT2D eigenvalue weighted by atomic mass is 15.1. The molecule has 0 aromatic rings. The molecule has 0 aromatic heterocycles. The molecule has 1 aliphatic heterocycles. The van der Waals surface area contributed by atoms with Crippen molar-refractivity contribution < 1.29 is 0 Å². The predicted octanol–water partition coefficient (Wildman–Crippen LogP) is 1.60. The molecule has 0 spiro atoms. The molecule has 0 saturated carbocycles. The van der Waals surface area contributed by atoms with Crippen LogP contribution in [0, 0.1) is 0 Å². The first kappa shape index (κ1) is 7.29. The molecule has 1 rings (SSSR count). The van der Waals surface area contributed by atoms with E-state index in [1.54, 1.807) is 0 Å². The van der Waals surface area contributed by atoms with Crippen LogP contribution in [0.3, 0.4) is 0 Å². The fraction of sp³-hybridized carbons (Fsp3) is 0.333. The highest BCUT2D eigenvalue weighted by Gasteiger charge is 2.16. The number of rotatable bonds is 2. The van der Waals surface area contributed by atoms with E-state index < -0.39 is 0 Å². The third-order valence-corrected chi connectivity index (χ3v) is 1.72. The Bertz CT molecular complexity index is 163. The number of likely N-dealkylation sites (tertiary alicyclic amines) is 1. The summed E-state index contributed by atoms with van der Waals surface area (Å²) < 4.78 is 0. The molecule has 54 valence electrons. The van der Waals surface area contributed by atoms with Gasteiger partial charge >= 0.3 is 0 Å². The van der Waals surface area contributed by atoms with Crippen LogP contribution in [0.15, 0.2) is 37.0 Å². The lowest BCUT2D eigenvalue weighted by molar-refractivity contribution is 0.395. The molecule has 0 bridgehead atoms. The van der Waals surface area contributed by atoms with Crippen LogP contribution >= 0.6 is 0 Å². The Balaban J connectivity index is 2.48. The van der Waals surface area contributed by atoms with Crippen molar-refractivity contribution in [2.24, 2.45) is 0 Å². The van der Waals surface area contributed by atoms with Crippen LogP contribution in [0.2, 0.25) is 0 Å². The second kappa shape index (κ2) is 2.84. The summed E-state index contributed by atoms with van der Waals surface area (Å²) >= 11 is 0. The van der Waals surface area contributed by atoms with E-state index in [2.05, 4.69) is 24.6 Å². The molecule has 0 aromatic carbocycles. The standard InChI is InChI=1S/C9H13N/c1-4-5-10-6-8(2)9(3)7-10/h4H,1-3,5-7H2. The van der Waals surface area contributed by atoms with Gasteiger partial charge in [-0.1, -0.05) is 19.2 Å². The molecular formula is C9H13N. The van der Waals surface area contributed by atoms with Crippen molar-refractivity contribution >= 4 is 0 Å². The van der Waals surface area contributed by atoms with Gasteiger partial charge in [-0.2, -0.15) is 0 Å². The van der Waals surface area contributed by atoms with Crippen molar-refractivity contribution in [3.63, 3.8) is 0 Å². The Hall–Kier alpha value is -0.820. The van der Waals surface area contributed by atoms with Crippen molar-refractivity contribution in [1.82, 2.24) is 4.90 Å². The normalized spacial score (nSPS) is 20.0. The van der Waals surface area contributed by atoms with Gasteiger partial charge in [-0.15, -0.1) is 6.58 Å². The molecule has 1 aliphatic rings. The van der Waals surface area contributed by atoms with Crippen LogP contribution < -0.4 is 0 Å². The Labute approximate surface area is 62.3 Å². The maximum absolute atomic E-state index is 3.89. The van der Waals surface area contributed by atoms with E-state index in [0.717, 1.165) is 19.6 Å². The summed E-state index contributed by atoms with van der Waals surface area (Å²) in [5.74, 6) is 0. The predicted molar refractivity (Wildman–Crippen MR) is 44.9 cm³/mol. The third kappa shape index (κ3) is 1.36. The minimum atomic E-state index is 0.942. The van der Waals surface area contributed by atoms with E-state index in [1.807, 2.05) is 6.08 Å². The van der Waals surface area contributed by atoms with Crippen LogP contribution in [0.4, 0.5) is 0 Å². The Morgan fingerprint density at radius 1 is 1.30 bits per heavy atom. The summed E-state index contributed by atoms with van der Waals surface area (Å²) in [5, 5.41) is 0. The fourth-order valence-electron chi connectivity index (χ4n) is 1.13. The molecule has 0 radical (unpaired) electrons. The minimum Gasteiger partial charge on any atom is -0.291 e. The molecule has 1 fully saturated rings. The largest absolute Gasteiger partial charge is 0.291 e. The SMILES string of the molecule is C=CCN1CC(=C)C(=C)C1. The van der Waals surface area contributed by atoms with Crippen LogP contribution in [-0.4, -0.2) is 24.5 Å². The van der Waals surface area contributed by atoms with Crippen LogP contribution in [0.1, 0.15) is 0 Å². The van der Waals surface area contributed by atoms with Gasteiger partial charge < -0.3 is 0 Å². The molecular weight excluding hydrogens is 122 g/mol. The van der Waals surface area contributed by atoms with E-state index >= 15 is 0 Å². The molecule has 1 nitrogen and oxygen atoms in total. The zero-order valence-electron chi connectivity index (χ0n) is 6.27. The number of hydrogen-bond acceptors (Lipinski definition) is 1.